The molecule has 0 saturated carbocycles. The molecule has 0 aliphatic heterocycles. The maximum atomic E-state index is 5.75. The van der Waals surface area contributed by atoms with Crippen molar-refractivity contribution in [3.63, 3.8) is 0 Å². The molecule has 0 aliphatic rings. The summed E-state index contributed by atoms with van der Waals surface area (Å²) in [4.78, 5) is 6.28. The predicted octanol–water partition coefficient (Wildman–Crippen LogP) is 2.21. The molecule has 3 nitrogen and oxygen atoms in total. The van der Waals surface area contributed by atoms with Gasteiger partial charge in [-0.15, -0.1) is 0 Å². The number of likely N-dealkylation sites (N-methyl/N-ethyl adjacent to an activating group) is 1. The van der Waals surface area contributed by atoms with E-state index in [2.05, 4.69) is 16.8 Å². The summed E-state index contributed by atoms with van der Waals surface area (Å²) in [5.41, 5.74) is 0. The number of nitrogens with zero attached hydrogens (tertiary/aromatic N) is 2. The Morgan fingerprint density at radius 2 is 2.29 bits per heavy atom. The van der Waals surface area contributed by atoms with Gasteiger partial charge in [0.05, 0.1) is 17.7 Å². The molecule has 1 unspecified atom stereocenters. The van der Waals surface area contributed by atoms with E-state index in [4.69, 9.17) is 16.3 Å². The Labute approximate surface area is 89.7 Å². The third kappa shape index (κ3) is 2.86. The van der Waals surface area contributed by atoms with Gasteiger partial charge < -0.3 is 9.64 Å². The summed E-state index contributed by atoms with van der Waals surface area (Å²) in [6, 6.07) is 4.03. The van der Waals surface area contributed by atoms with Gasteiger partial charge >= 0.3 is 0 Å². The van der Waals surface area contributed by atoms with E-state index in [9.17, 15) is 0 Å². The Hall–Kier alpha value is -0.800. The summed E-state index contributed by atoms with van der Waals surface area (Å²) in [5, 5.41) is 0.654. The SMILES string of the molecule is COCC(C)N(C)c1ccc(Cl)cn1. The van der Waals surface area contributed by atoms with Gasteiger partial charge in [-0.2, -0.15) is 0 Å². The molecule has 1 atom stereocenters. The van der Waals surface area contributed by atoms with Crippen LogP contribution in [0.4, 0.5) is 5.82 Å². The summed E-state index contributed by atoms with van der Waals surface area (Å²) in [6.07, 6.45) is 1.65. The molecule has 14 heavy (non-hydrogen) atoms. The molecule has 0 amide bonds. The summed E-state index contributed by atoms with van der Waals surface area (Å²) >= 11 is 5.75. The van der Waals surface area contributed by atoms with Crippen molar-refractivity contribution in [1.82, 2.24) is 4.98 Å². The summed E-state index contributed by atoms with van der Waals surface area (Å²) in [5.74, 6) is 0.902. The van der Waals surface area contributed by atoms with Crippen molar-refractivity contribution in [2.75, 3.05) is 25.7 Å². The first kappa shape index (κ1) is 11.3. The van der Waals surface area contributed by atoms with Crippen LogP contribution in [0.2, 0.25) is 5.02 Å². The number of methoxy groups -OCH3 is 1. The fraction of sp³-hybridized carbons (Fsp3) is 0.500. The van der Waals surface area contributed by atoms with Crippen LogP contribution >= 0.6 is 11.6 Å². The van der Waals surface area contributed by atoms with Crippen LogP contribution in [-0.2, 0) is 4.74 Å². The number of hydrogen-bond donors (Lipinski definition) is 0. The van der Waals surface area contributed by atoms with Crippen molar-refractivity contribution in [1.29, 1.82) is 0 Å². The van der Waals surface area contributed by atoms with Gasteiger partial charge in [0, 0.05) is 20.4 Å². The van der Waals surface area contributed by atoms with Gasteiger partial charge in [-0.3, -0.25) is 0 Å². The molecule has 0 aromatic carbocycles. The Kier molecular flexibility index (Phi) is 4.17. The van der Waals surface area contributed by atoms with E-state index in [1.165, 1.54) is 0 Å². The number of pyridine rings is 1. The van der Waals surface area contributed by atoms with Crippen LogP contribution in [0.15, 0.2) is 18.3 Å². The molecule has 0 aliphatic carbocycles. The molecule has 78 valence electrons. The average molecular weight is 215 g/mol. The average Bonchev–Trinajstić information content (AvgIpc) is 2.18. The van der Waals surface area contributed by atoms with Gasteiger partial charge in [-0.25, -0.2) is 4.98 Å². The van der Waals surface area contributed by atoms with Crippen LogP contribution in [0, 0.1) is 0 Å². The van der Waals surface area contributed by atoms with Crippen LogP contribution in [0.25, 0.3) is 0 Å². The Bertz CT molecular complexity index is 276. The number of aromatic nitrogens is 1. The molecule has 0 saturated heterocycles. The smallest absolute Gasteiger partial charge is 0.128 e. The third-order valence-corrected chi connectivity index (χ3v) is 2.37. The highest BCUT2D eigenvalue weighted by Gasteiger charge is 2.10. The first-order chi connectivity index (χ1) is 6.65. The van der Waals surface area contributed by atoms with Crippen molar-refractivity contribution < 1.29 is 4.74 Å². The van der Waals surface area contributed by atoms with E-state index >= 15 is 0 Å². The lowest BCUT2D eigenvalue weighted by Crippen LogP contribution is -2.33. The maximum Gasteiger partial charge on any atom is 0.128 e. The number of rotatable bonds is 4. The molecule has 1 aromatic rings. The van der Waals surface area contributed by atoms with Crippen LogP contribution < -0.4 is 4.90 Å². The van der Waals surface area contributed by atoms with Crippen LogP contribution in [0.3, 0.4) is 0 Å². The van der Waals surface area contributed by atoms with Crippen molar-refractivity contribution >= 4 is 17.4 Å². The fourth-order valence-corrected chi connectivity index (χ4v) is 1.27. The number of halogens is 1. The third-order valence-electron chi connectivity index (χ3n) is 2.14. The first-order valence-corrected chi connectivity index (χ1v) is 4.86. The molecule has 0 N–H and O–H groups in total. The van der Waals surface area contributed by atoms with Gasteiger partial charge in [0.1, 0.15) is 5.82 Å². The summed E-state index contributed by atoms with van der Waals surface area (Å²) < 4.78 is 5.07. The van der Waals surface area contributed by atoms with Gasteiger partial charge in [0.25, 0.3) is 0 Å². The second kappa shape index (κ2) is 5.17. The molecule has 0 spiro atoms. The summed E-state index contributed by atoms with van der Waals surface area (Å²) in [6.45, 7) is 2.76. The van der Waals surface area contributed by atoms with Gasteiger partial charge in [0.2, 0.25) is 0 Å². The number of hydrogen-bond acceptors (Lipinski definition) is 3. The quantitative estimate of drug-likeness (QED) is 0.769. The van der Waals surface area contributed by atoms with E-state index < -0.39 is 0 Å². The van der Waals surface area contributed by atoms with E-state index in [-0.39, 0.29) is 0 Å². The molecular weight excluding hydrogens is 200 g/mol. The minimum absolute atomic E-state index is 0.300. The van der Waals surface area contributed by atoms with E-state index in [0.29, 0.717) is 17.7 Å². The number of ether oxygens (including phenoxy) is 1. The fourth-order valence-electron chi connectivity index (χ4n) is 1.16. The van der Waals surface area contributed by atoms with Crippen molar-refractivity contribution in [3.05, 3.63) is 23.4 Å². The van der Waals surface area contributed by atoms with Crippen LogP contribution in [0.5, 0.6) is 0 Å². The lowest BCUT2D eigenvalue weighted by Gasteiger charge is -2.25. The van der Waals surface area contributed by atoms with Crippen molar-refractivity contribution in [2.24, 2.45) is 0 Å². The standard InChI is InChI=1S/C10H15ClN2O/c1-8(7-14-3)13(2)10-5-4-9(11)6-12-10/h4-6,8H,7H2,1-3H3. The second-order valence-corrected chi connectivity index (χ2v) is 3.69. The zero-order valence-corrected chi connectivity index (χ0v) is 9.45. The monoisotopic (exact) mass is 214 g/mol. The molecule has 1 heterocycles. The topological polar surface area (TPSA) is 25.4 Å². The lowest BCUT2D eigenvalue weighted by molar-refractivity contribution is 0.183. The predicted molar refractivity (Wildman–Crippen MR) is 59.0 cm³/mol. The molecule has 0 radical (unpaired) electrons. The highest BCUT2D eigenvalue weighted by molar-refractivity contribution is 6.30. The number of anilines is 1. The molecule has 1 rings (SSSR count). The molecule has 1 aromatic heterocycles. The normalized spacial score (nSPS) is 12.6. The Morgan fingerprint density at radius 3 is 2.79 bits per heavy atom. The first-order valence-electron chi connectivity index (χ1n) is 4.48. The van der Waals surface area contributed by atoms with Gasteiger partial charge in [-0.05, 0) is 19.1 Å². The van der Waals surface area contributed by atoms with Gasteiger partial charge in [-0.1, -0.05) is 11.6 Å². The van der Waals surface area contributed by atoms with Crippen LogP contribution in [0.1, 0.15) is 6.92 Å². The van der Waals surface area contributed by atoms with Gasteiger partial charge in [0.15, 0.2) is 0 Å². The molecular formula is C10H15ClN2O. The van der Waals surface area contributed by atoms with Crippen LogP contribution in [-0.4, -0.2) is 31.8 Å². The van der Waals surface area contributed by atoms with Crippen molar-refractivity contribution in [2.45, 2.75) is 13.0 Å². The zero-order valence-electron chi connectivity index (χ0n) is 8.70. The minimum atomic E-state index is 0.300. The van der Waals surface area contributed by atoms with Crippen molar-refractivity contribution in [3.8, 4) is 0 Å². The Balaban J connectivity index is 2.68. The lowest BCUT2D eigenvalue weighted by atomic mass is 10.3. The largest absolute Gasteiger partial charge is 0.383 e. The second-order valence-electron chi connectivity index (χ2n) is 3.25. The highest BCUT2D eigenvalue weighted by atomic mass is 35.5. The molecule has 4 heteroatoms. The highest BCUT2D eigenvalue weighted by Crippen LogP contribution is 2.14. The van der Waals surface area contributed by atoms with E-state index in [0.717, 1.165) is 5.82 Å². The summed E-state index contributed by atoms with van der Waals surface area (Å²) in [7, 11) is 3.68. The zero-order chi connectivity index (χ0) is 10.6. The van der Waals surface area contributed by atoms with E-state index in [1.807, 2.05) is 19.2 Å². The molecule has 0 fully saturated rings. The maximum absolute atomic E-state index is 5.75. The Morgan fingerprint density at radius 1 is 1.57 bits per heavy atom. The van der Waals surface area contributed by atoms with E-state index in [1.54, 1.807) is 13.3 Å². The molecule has 0 bridgehead atoms. The minimum Gasteiger partial charge on any atom is -0.383 e.